The van der Waals surface area contributed by atoms with E-state index in [0.29, 0.717) is 6.54 Å². The van der Waals surface area contributed by atoms with Crippen molar-refractivity contribution >= 4 is 0 Å². The number of nitrogens with two attached hydrogens (primary N) is 1. The number of fused-ring (bicyclic) bond motifs is 1. The minimum Gasteiger partial charge on any atom is -0.401 e. The largest absolute Gasteiger partial charge is 0.401 e. The summed E-state index contributed by atoms with van der Waals surface area (Å²) in [7, 11) is 0. The number of piperidine rings is 1. The third-order valence-electron chi connectivity index (χ3n) is 3.75. The number of nitrogens with one attached hydrogen (secondary N) is 2. The van der Waals surface area contributed by atoms with Gasteiger partial charge in [0.25, 0.3) is 0 Å². The Morgan fingerprint density at radius 2 is 2.13 bits per heavy atom. The van der Waals surface area contributed by atoms with Crippen LogP contribution in [0.1, 0.15) is 22.0 Å². The first-order valence-electron chi connectivity index (χ1n) is 6.71. The second-order valence-electron chi connectivity index (χ2n) is 4.60. The minimum absolute atomic E-state index is 0.467. The molecule has 82 valence electrons. The highest BCUT2D eigenvalue weighted by Crippen LogP contribution is 2.49. The minimum atomic E-state index is -1.30. The van der Waals surface area contributed by atoms with Crippen molar-refractivity contribution in [2.45, 2.75) is 19.2 Å². The molecule has 0 bridgehead atoms. The highest BCUT2D eigenvalue weighted by Gasteiger charge is 2.42. The fourth-order valence-corrected chi connectivity index (χ4v) is 2.82. The molecule has 1 saturated heterocycles. The van der Waals surface area contributed by atoms with Crippen LogP contribution in [0, 0.1) is 5.41 Å². The Hall–Kier alpha value is -0.800. The van der Waals surface area contributed by atoms with E-state index in [0.717, 1.165) is 49.3 Å². The normalized spacial score (nSPS) is 34.5. The van der Waals surface area contributed by atoms with Crippen LogP contribution in [0.2, 0.25) is 0 Å². The Kier molecular flexibility index (Phi) is 1.67. The van der Waals surface area contributed by atoms with E-state index in [-0.39, 0.29) is 0 Å². The second-order valence-corrected chi connectivity index (χ2v) is 4.60. The van der Waals surface area contributed by atoms with Crippen molar-refractivity contribution in [2.75, 3.05) is 26.2 Å². The lowest BCUT2D eigenvalue weighted by molar-refractivity contribution is 0.260. The van der Waals surface area contributed by atoms with Gasteiger partial charge in [0.05, 0.1) is 0 Å². The average Bonchev–Trinajstić information content (AvgIpc) is 2.52. The summed E-state index contributed by atoms with van der Waals surface area (Å²) >= 11 is 0. The van der Waals surface area contributed by atoms with Gasteiger partial charge in [0.2, 0.25) is 0 Å². The van der Waals surface area contributed by atoms with Crippen molar-refractivity contribution in [1.29, 1.82) is 0 Å². The van der Waals surface area contributed by atoms with Crippen molar-refractivity contribution < 1.29 is 2.74 Å². The van der Waals surface area contributed by atoms with Crippen molar-refractivity contribution in [3.8, 4) is 0 Å². The fourth-order valence-electron chi connectivity index (χ4n) is 2.82. The molecule has 0 aromatic heterocycles. The standard InChI is InChI=1S/C12H19N3/c13-11-10-8-15-4-1-9(10)7-12(11)2-5-14-6-3-12/h1,14-15H,2-8,13H2/i7D2. The first-order chi connectivity index (χ1) is 8.09. The summed E-state index contributed by atoms with van der Waals surface area (Å²) < 4.78 is 17.0. The SMILES string of the molecule is [2H]C1([2H])C2=CCNCC2=C(N)C12CCNCC2. The number of rotatable bonds is 0. The van der Waals surface area contributed by atoms with Crippen molar-refractivity contribution in [3.63, 3.8) is 0 Å². The molecule has 15 heavy (non-hydrogen) atoms. The van der Waals surface area contributed by atoms with Gasteiger partial charge < -0.3 is 16.4 Å². The Labute approximate surface area is 93.6 Å². The lowest BCUT2D eigenvalue weighted by atomic mass is 9.76. The lowest BCUT2D eigenvalue weighted by Crippen LogP contribution is -2.38. The smallest absolute Gasteiger partial charge is 0.0326 e. The highest BCUT2D eigenvalue weighted by molar-refractivity contribution is 5.47. The molecule has 1 aliphatic carbocycles. The van der Waals surface area contributed by atoms with Crippen LogP contribution < -0.4 is 16.4 Å². The number of hydrogen-bond donors (Lipinski definition) is 3. The van der Waals surface area contributed by atoms with Gasteiger partial charge in [0.15, 0.2) is 0 Å². The van der Waals surface area contributed by atoms with Crippen LogP contribution in [0.25, 0.3) is 0 Å². The van der Waals surface area contributed by atoms with Crippen LogP contribution in [-0.4, -0.2) is 26.2 Å². The van der Waals surface area contributed by atoms with Crippen LogP contribution in [0.5, 0.6) is 0 Å². The number of hydrogen-bond acceptors (Lipinski definition) is 3. The van der Waals surface area contributed by atoms with Gasteiger partial charge >= 0.3 is 0 Å². The predicted octanol–water partition coefficient (Wildman–Crippen LogP) is 0.502. The third kappa shape index (κ3) is 1.34. The van der Waals surface area contributed by atoms with Gasteiger partial charge in [-0.1, -0.05) is 6.08 Å². The maximum absolute atomic E-state index is 8.51. The van der Waals surface area contributed by atoms with Crippen LogP contribution >= 0.6 is 0 Å². The second kappa shape index (κ2) is 3.35. The maximum atomic E-state index is 8.51. The molecule has 0 unspecified atom stereocenters. The Morgan fingerprint density at radius 3 is 2.87 bits per heavy atom. The van der Waals surface area contributed by atoms with E-state index in [1.54, 1.807) is 0 Å². The molecule has 3 aliphatic rings. The van der Waals surface area contributed by atoms with E-state index in [1.807, 2.05) is 6.08 Å². The molecule has 1 spiro atoms. The van der Waals surface area contributed by atoms with E-state index < -0.39 is 11.8 Å². The zero-order valence-electron chi connectivity index (χ0n) is 10.9. The summed E-state index contributed by atoms with van der Waals surface area (Å²) in [5.41, 5.74) is 8.49. The predicted molar refractivity (Wildman–Crippen MR) is 61.3 cm³/mol. The summed E-state index contributed by atoms with van der Waals surface area (Å²) in [4.78, 5) is 0. The van der Waals surface area contributed by atoms with Gasteiger partial charge in [0, 0.05) is 26.9 Å². The summed E-state index contributed by atoms with van der Waals surface area (Å²) in [6, 6.07) is 0. The molecule has 1 fully saturated rings. The summed E-state index contributed by atoms with van der Waals surface area (Å²) in [5, 5.41) is 6.55. The van der Waals surface area contributed by atoms with Crippen LogP contribution in [0.4, 0.5) is 0 Å². The van der Waals surface area contributed by atoms with Crippen molar-refractivity contribution in [1.82, 2.24) is 10.6 Å². The van der Waals surface area contributed by atoms with Crippen molar-refractivity contribution in [3.05, 3.63) is 22.9 Å². The fraction of sp³-hybridized carbons (Fsp3) is 0.667. The molecular weight excluding hydrogens is 186 g/mol. The Balaban J connectivity index is 2.13. The van der Waals surface area contributed by atoms with Crippen LogP contribution in [0.3, 0.4) is 0 Å². The molecular formula is C12H19N3. The first kappa shape index (κ1) is 7.47. The quantitative estimate of drug-likeness (QED) is 0.542. The summed E-state index contributed by atoms with van der Waals surface area (Å²) in [6.45, 7) is 3.18. The average molecular weight is 207 g/mol. The van der Waals surface area contributed by atoms with Gasteiger partial charge in [0.1, 0.15) is 0 Å². The van der Waals surface area contributed by atoms with E-state index >= 15 is 0 Å². The van der Waals surface area contributed by atoms with E-state index in [2.05, 4.69) is 10.6 Å². The van der Waals surface area contributed by atoms with Gasteiger partial charge in [-0.05, 0) is 43.5 Å². The molecule has 0 aromatic carbocycles. The molecule has 3 heteroatoms. The van der Waals surface area contributed by atoms with Gasteiger partial charge in [-0.2, -0.15) is 0 Å². The number of allylic oxidation sites excluding steroid dienone is 1. The molecule has 4 N–H and O–H groups in total. The first-order valence-corrected chi connectivity index (χ1v) is 5.71. The topological polar surface area (TPSA) is 50.1 Å². The Morgan fingerprint density at radius 1 is 1.33 bits per heavy atom. The lowest BCUT2D eigenvalue weighted by Gasteiger charge is -2.34. The monoisotopic (exact) mass is 207 g/mol. The summed E-state index contributed by atoms with van der Waals surface area (Å²) in [6.07, 6.45) is 2.28. The summed E-state index contributed by atoms with van der Waals surface area (Å²) in [5.74, 6) is 0. The Bertz CT molecular complexity index is 406. The van der Waals surface area contributed by atoms with E-state index in [9.17, 15) is 0 Å². The molecule has 0 radical (unpaired) electrons. The van der Waals surface area contributed by atoms with Crippen LogP contribution in [0.15, 0.2) is 22.9 Å². The van der Waals surface area contributed by atoms with Gasteiger partial charge in [-0.3, -0.25) is 0 Å². The molecule has 0 atom stereocenters. The van der Waals surface area contributed by atoms with Crippen molar-refractivity contribution in [2.24, 2.45) is 11.1 Å². The highest BCUT2D eigenvalue weighted by atomic mass is 14.9. The third-order valence-corrected chi connectivity index (χ3v) is 3.75. The molecule has 0 saturated carbocycles. The molecule has 2 aliphatic heterocycles. The molecule has 0 amide bonds. The van der Waals surface area contributed by atoms with E-state index in [4.69, 9.17) is 8.48 Å². The molecule has 0 aromatic rings. The zero-order chi connectivity index (χ0) is 12.1. The van der Waals surface area contributed by atoms with Crippen LogP contribution in [-0.2, 0) is 0 Å². The zero-order valence-corrected chi connectivity index (χ0v) is 8.90. The van der Waals surface area contributed by atoms with E-state index in [1.165, 1.54) is 0 Å². The molecule has 3 nitrogen and oxygen atoms in total. The molecule has 2 heterocycles. The van der Waals surface area contributed by atoms with Gasteiger partial charge in [-0.25, -0.2) is 0 Å². The van der Waals surface area contributed by atoms with Gasteiger partial charge in [-0.15, -0.1) is 0 Å². The maximum Gasteiger partial charge on any atom is 0.0326 e. The molecule has 3 rings (SSSR count).